The molecule has 0 atom stereocenters. The largest absolute Gasteiger partial charge is 0.456 e. The molecule has 0 aromatic heterocycles. The summed E-state index contributed by atoms with van der Waals surface area (Å²) in [5.41, 5.74) is 1.79. The van der Waals surface area contributed by atoms with Gasteiger partial charge in [0.1, 0.15) is 0 Å². The molecule has 5 heteroatoms. The Kier molecular flexibility index (Phi) is 5.39. The van der Waals surface area contributed by atoms with E-state index in [4.69, 9.17) is 0 Å². The zero-order valence-corrected chi connectivity index (χ0v) is 11.0. The molecule has 2 nitrogen and oxygen atoms in total. The van der Waals surface area contributed by atoms with Crippen molar-refractivity contribution in [3.8, 4) is 0 Å². The summed E-state index contributed by atoms with van der Waals surface area (Å²) < 4.78 is 39.7. The average molecular weight is 274 g/mol. The van der Waals surface area contributed by atoms with Crippen molar-refractivity contribution >= 4 is 5.97 Å². The van der Waals surface area contributed by atoms with Crippen LogP contribution in [0.3, 0.4) is 0 Å². The monoisotopic (exact) mass is 274 g/mol. The molecule has 0 aliphatic heterocycles. The number of alkyl halides is 3. The van der Waals surface area contributed by atoms with Gasteiger partial charge in [-0.1, -0.05) is 38.1 Å². The van der Waals surface area contributed by atoms with Crippen LogP contribution >= 0.6 is 0 Å². The van der Waals surface area contributed by atoms with E-state index in [0.717, 1.165) is 12.0 Å². The van der Waals surface area contributed by atoms with Gasteiger partial charge in [0, 0.05) is 0 Å². The molecule has 0 aliphatic carbocycles. The molecule has 0 saturated carbocycles. The molecule has 0 spiro atoms. The highest BCUT2D eigenvalue weighted by Crippen LogP contribution is 2.15. The number of halogens is 3. The Labute approximate surface area is 110 Å². The highest BCUT2D eigenvalue weighted by atomic mass is 19.4. The summed E-state index contributed by atoms with van der Waals surface area (Å²) in [6.07, 6.45) is -3.69. The molecule has 0 amide bonds. The minimum absolute atomic E-state index is 0.141. The van der Waals surface area contributed by atoms with Crippen LogP contribution < -0.4 is 0 Å². The van der Waals surface area contributed by atoms with Crippen LogP contribution in [-0.2, 0) is 22.4 Å². The van der Waals surface area contributed by atoms with Crippen molar-refractivity contribution in [3.05, 3.63) is 35.4 Å². The molecule has 0 fully saturated rings. The van der Waals surface area contributed by atoms with E-state index in [1.807, 2.05) is 12.1 Å². The van der Waals surface area contributed by atoms with E-state index in [0.29, 0.717) is 11.5 Å². The maximum atomic E-state index is 11.9. The predicted molar refractivity (Wildman–Crippen MR) is 65.7 cm³/mol. The summed E-state index contributed by atoms with van der Waals surface area (Å²) in [7, 11) is 0. The predicted octanol–water partition coefficient (Wildman–Crippen LogP) is 3.53. The van der Waals surface area contributed by atoms with Crippen molar-refractivity contribution in [2.75, 3.05) is 6.61 Å². The average Bonchev–Trinajstić information content (AvgIpc) is 2.28. The van der Waals surface area contributed by atoms with E-state index in [1.165, 1.54) is 0 Å². The third kappa shape index (κ3) is 6.84. The van der Waals surface area contributed by atoms with Crippen molar-refractivity contribution in [2.45, 2.75) is 32.9 Å². The molecule has 0 saturated heterocycles. The Hall–Kier alpha value is -1.52. The fraction of sp³-hybridized carbons (Fsp3) is 0.500. The molecule has 1 rings (SSSR count). The minimum Gasteiger partial charge on any atom is -0.456 e. The van der Waals surface area contributed by atoms with Gasteiger partial charge in [0.05, 0.1) is 6.42 Å². The highest BCUT2D eigenvalue weighted by molar-refractivity contribution is 5.72. The molecule has 106 valence electrons. The number of benzene rings is 1. The van der Waals surface area contributed by atoms with Crippen LogP contribution in [0.15, 0.2) is 24.3 Å². The fourth-order valence-corrected chi connectivity index (χ4v) is 1.64. The summed E-state index contributed by atoms with van der Waals surface area (Å²) in [5.74, 6) is -0.337. The van der Waals surface area contributed by atoms with E-state index in [2.05, 4.69) is 18.6 Å². The number of hydrogen-bond acceptors (Lipinski definition) is 2. The van der Waals surface area contributed by atoms with Gasteiger partial charge < -0.3 is 4.74 Å². The van der Waals surface area contributed by atoms with Crippen LogP contribution in [0.2, 0.25) is 0 Å². The first-order valence-corrected chi connectivity index (χ1v) is 6.06. The maximum Gasteiger partial charge on any atom is 0.422 e. The number of rotatable bonds is 5. The molecule has 0 unspecified atom stereocenters. The Morgan fingerprint density at radius 2 is 1.68 bits per heavy atom. The molecule has 0 bridgehead atoms. The normalized spacial score (nSPS) is 11.7. The van der Waals surface area contributed by atoms with Gasteiger partial charge in [0.25, 0.3) is 0 Å². The van der Waals surface area contributed by atoms with Crippen LogP contribution in [0.1, 0.15) is 25.0 Å². The number of hydrogen-bond donors (Lipinski definition) is 0. The minimum atomic E-state index is -4.48. The lowest BCUT2D eigenvalue weighted by molar-refractivity contribution is -0.185. The smallest absolute Gasteiger partial charge is 0.422 e. The summed E-state index contributed by atoms with van der Waals surface area (Å²) in [4.78, 5) is 11.2. The van der Waals surface area contributed by atoms with Crippen LogP contribution in [0.4, 0.5) is 13.2 Å². The Balaban J connectivity index is 2.47. The van der Waals surface area contributed by atoms with Crippen molar-refractivity contribution in [3.63, 3.8) is 0 Å². The lowest BCUT2D eigenvalue weighted by Gasteiger charge is -2.08. The van der Waals surface area contributed by atoms with Gasteiger partial charge in [-0.3, -0.25) is 4.79 Å². The second kappa shape index (κ2) is 6.59. The molecule has 1 aromatic rings. The van der Waals surface area contributed by atoms with E-state index in [1.54, 1.807) is 12.1 Å². The van der Waals surface area contributed by atoms with Gasteiger partial charge in [-0.2, -0.15) is 13.2 Å². The Morgan fingerprint density at radius 3 is 2.16 bits per heavy atom. The lowest BCUT2D eigenvalue weighted by Crippen LogP contribution is -2.21. The van der Waals surface area contributed by atoms with Gasteiger partial charge in [-0.05, 0) is 23.5 Å². The molecule has 0 heterocycles. The molecule has 0 aliphatic rings. The first-order valence-electron chi connectivity index (χ1n) is 6.06. The maximum absolute atomic E-state index is 11.9. The summed E-state index contributed by atoms with van der Waals surface area (Å²) in [6, 6.07) is 7.25. The van der Waals surface area contributed by atoms with Gasteiger partial charge in [-0.25, -0.2) is 0 Å². The molecular formula is C14H17F3O2. The zero-order valence-electron chi connectivity index (χ0n) is 11.0. The van der Waals surface area contributed by atoms with E-state index < -0.39 is 18.8 Å². The van der Waals surface area contributed by atoms with E-state index in [-0.39, 0.29) is 6.42 Å². The Bertz CT molecular complexity index is 408. The second-order valence-corrected chi connectivity index (χ2v) is 4.87. The number of carbonyl (C=O) groups is 1. The summed E-state index contributed by atoms with van der Waals surface area (Å²) in [6.45, 7) is 2.67. The van der Waals surface area contributed by atoms with Gasteiger partial charge in [0.15, 0.2) is 6.61 Å². The number of ether oxygens (including phenoxy) is 1. The molecule has 0 radical (unpaired) electrons. The van der Waals surface area contributed by atoms with Crippen molar-refractivity contribution in [1.82, 2.24) is 0 Å². The summed E-state index contributed by atoms with van der Waals surface area (Å²) >= 11 is 0. The van der Waals surface area contributed by atoms with Gasteiger partial charge in [-0.15, -0.1) is 0 Å². The molecular weight excluding hydrogens is 257 g/mol. The quantitative estimate of drug-likeness (QED) is 0.768. The number of carbonyl (C=O) groups excluding carboxylic acids is 1. The molecule has 19 heavy (non-hydrogen) atoms. The standard InChI is InChI=1S/C14H17F3O2/c1-10(2)7-11-3-5-12(6-4-11)8-13(18)19-9-14(15,16)17/h3-6,10H,7-9H2,1-2H3. The summed E-state index contributed by atoms with van der Waals surface area (Å²) in [5, 5.41) is 0. The zero-order chi connectivity index (χ0) is 14.5. The van der Waals surface area contributed by atoms with Crippen LogP contribution in [0, 0.1) is 5.92 Å². The van der Waals surface area contributed by atoms with Gasteiger partial charge in [0.2, 0.25) is 0 Å². The molecule has 0 N–H and O–H groups in total. The lowest BCUT2D eigenvalue weighted by atomic mass is 10.0. The first-order chi connectivity index (χ1) is 8.76. The second-order valence-electron chi connectivity index (χ2n) is 4.87. The van der Waals surface area contributed by atoms with Crippen LogP contribution in [0.5, 0.6) is 0 Å². The third-order valence-corrected chi connectivity index (χ3v) is 2.41. The number of esters is 1. The first kappa shape index (κ1) is 15.5. The van der Waals surface area contributed by atoms with Crippen molar-refractivity contribution < 1.29 is 22.7 Å². The van der Waals surface area contributed by atoms with Crippen molar-refractivity contribution in [1.29, 1.82) is 0 Å². The van der Waals surface area contributed by atoms with Crippen LogP contribution in [0.25, 0.3) is 0 Å². The Morgan fingerprint density at radius 1 is 1.16 bits per heavy atom. The van der Waals surface area contributed by atoms with Crippen molar-refractivity contribution in [2.24, 2.45) is 5.92 Å². The fourth-order valence-electron chi connectivity index (χ4n) is 1.64. The van der Waals surface area contributed by atoms with E-state index in [9.17, 15) is 18.0 Å². The third-order valence-electron chi connectivity index (χ3n) is 2.41. The van der Waals surface area contributed by atoms with E-state index >= 15 is 0 Å². The topological polar surface area (TPSA) is 26.3 Å². The SMILES string of the molecule is CC(C)Cc1ccc(CC(=O)OCC(F)(F)F)cc1. The van der Waals surface area contributed by atoms with Crippen LogP contribution in [-0.4, -0.2) is 18.8 Å². The molecule has 1 aromatic carbocycles. The van der Waals surface area contributed by atoms with Gasteiger partial charge >= 0.3 is 12.1 Å². The highest BCUT2D eigenvalue weighted by Gasteiger charge is 2.29.